The van der Waals surface area contributed by atoms with E-state index >= 15 is 0 Å². The lowest BCUT2D eigenvalue weighted by atomic mass is 10.1. The number of hydrogen-bond acceptors (Lipinski definition) is 1. The highest BCUT2D eigenvalue weighted by Gasteiger charge is 2.19. The van der Waals surface area contributed by atoms with E-state index in [1.54, 1.807) is 0 Å². The highest BCUT2D eigenvalue weighted by atomic mass is 79.9. The van der Waals surface area contributed by atoms with Gasteiger partial charge in [-0.15, -0.1) is 0 Å². The second-order valence-corrected chi connectivity index (χ2v) is 5.34. The summed E-state index contributed by atoms with van der Waals surface area (Å²) in [5.74, 6) is 0. The summed E-state index contributed by atoms with van der Waals surface area (Å²) in [5, 5.41) is 0.926. The van der Waals surface area contributed by atoms with Gasteiger partial charge in [0.05, 0.1) is 0 Å². The highest BCUT2D eigenvalue weighted by Crippen LogP contribution is 2.35. The first-order valence-electron chi connectivity index (χ1n) is 6.30. The third kappa shape index (κ3) is 1.95. The molecule has 0 atom stereocenters. The molecule has 0 N–H and O–H groups in total. The van der Waals surface area contributed by atoms with Crippen molar-refractivity contribution in [3.05, 3.63) is 59.2 Å². The Morgan fingerprint density at radius 2 is 2.00 bits per heavy atom. The number of fused-ring (bicyclic) bond motifs is 1. The summed E-state index contributed by atoms with van der Waals surface area (Å²) in [5.41, 5.74) is 6.85. The van der Waals surface area contributed by atoms with Gasteiger partial charge in [0.15, 0.2) is 0 Å². The molecule has 0 amide bonds. The van der Waals surface area contributed by atoms with Crippen molar-refractivity contribution in [3.8, 4) is 0 Å². The summed E-state index contributed by atoms with van der Waals surface area (Å²) < 4.78 is 0. The second kappa shape index (κ2) is 4.77. The zero-order valence-corrected chi connectivity index (χ0v) is 12.1. The van der Waals surface area contributed by atoms with Crippen LogP contribution in [0.3, 0.4) is 0 Å². The van der Waals surface area contributed by atoms with E-state index in [9.17, 15) is 0 Å². The van der Waals surface area contributed by atoms with Crippen LogP contribution < -0.4 is 4.90 Å². The van der Waals surface area contributed by atoms with Crippen LogP contribution in [-0.2, 0) is 11.8 Å². The van der Waals surface area contributed by atoms with E-state index in [-0.39, 0.29) is 0 Å². The number of alkyl halides is 1. The van der Waals surface area contributed by atoms with Gasteiger partial charge in [0.1, 0.15) is 0 Å². The molecule has 1 aliphatic heterocycles. The van der Waals surface area contributed by atoms with Crippen LogP contribution in [0.2, 0.25) is 0 Å². The Hall–Kier alpha value is -1.28. The summed E-state index contributed by atoms with van der Waals surface area (Å²) >= 11 is 3.53. The van der Waals surface area contributed by atoms with Crippen molar-refractivity contribution in [1.82, 2.24) is 0 Å². The van der Waals surface area contributed by atoms with E-state index in [0.717, 1.165) is 18.3 Å². The monoisotopic (exact) mass is 301 g/mol. The molecule has 0 radical (unpaired) electrons. The lowest BCUT2D eigenvalue weighted by molar-refractivity contribution is 0.996. The Bertz CT molecular complexity index is 577. The normalized spacial score (nSPS) is 13.8. The molecule has 0 saturated heterocycles. The van der Waals surface area contributed by atoms with Crippen molar-refractivity contribution in [1.29, 1.82) is 0 Å². The maximum Gasteiger partial charge on any atom is 0.0444 e. The van der Waals surface area contributed by atoms with E-state index in [4.69, 9.17) is 0 Å². The van der Waals surface area contributed by atoms with E-state index in [1.165, 1.54) is 28.1 Å². The van der Waals surface area contributed by atoms with Gasteiger partial charge in [-0.2, -0.15) is 0 Å². The molecule has 0 fully saturated rings. The van der Waals surface area contributed by atoms with E-state index in [2.05, 4.69) is 70.2 Å². The number of anilines is 2. The lowest BCUT2D eigenvalue weighted by Gasteiger charge is -2.20. The molecule has 3 rings (SSSR count). The second-order valence-electron chi connectivity index (χ2n) is 4.77. The minimum absolute atomic E-state index is 0.926. The number of rotatable bonds is 2. The van der Waals surface area contributed by atoms with Gasteiger partial charge in [0.25, 0.3) is 0 Å². The molecule has 2 heteroatoms. The van der Waals surface area contributed by atoms with Crippen LogP contribution in [0.4, 0.5) is 11.4 Å². The predicted octanol–water partition coefficient (Wildman–Crippen LogP) is 4.58. The summed E-state index contributed by atoms with van der Waals surface area (Å²) in [4.78, 5) is 2.42. The van der Waals surface area contributed by atoms with Crippen LogP contribution in [0.1, 0.15) is 16.7 Å². The van der Waals surface area contributed by atoms with Gasteiger partial charge in [-0.3, -0.25) is 0 Å². The molecular weight excluding hydrogens is 286 g/mol. The van der Waals surface area contributed by atoms with Crippen molar-refractivity contribution in [2.75, 3.05) is 11.4 Å². The van der Waals surface area contributed by atoms with Gasteiger partial charge in [-0.1, -0.05) is 40.2 Å². The molecule has 0 bridgehead atoms. The quantitative estimate of drug-likeness (QED) is 0.734. The first kappa shape index (κ1) is 11.8. The minimum Gasteiger partial charge on any atom is -0.341 e. The topological polar surface area (TPSA) is 3.24 Å². The number of aryl methyl sites for hydroxylation is 1. The number of halogens is 1. The number of para-hydroxylation sites is 1. The minimum atomic E-state index is 0.926. The fraction of sp³-hybridized carbons (Fsp3) is 0.250. The Kier molecular flexibility index (Phi) is 3.13. The third-order valence-corrected chi connectivity index (χ3v) is 4.27. The third-order valence-electron chi connectivity index (χ3n) is 3.67. The number of benzene rings is 2. The predicted molar refractivity (Wildman–Crippen MR) is 81.0 cm³/mol. The van der Waals surface area contributed by atoms with Gasteiger partial charge in [-0.05, 0) is 48.2 Å². The lowest BCUT2D eigenvalue weighted by Crippen LogP contribution is -2.13. The standard InChI is InChI=1S/C16H16BrN/c1-12-10-15(7-6-14(12)11-17)18-9-8-13-4-2-3-5-16(13)18/h2-7,10H,8-9,11H2,1H3. The Morgan fingerprint density at radius 1 is 1.17 bits per heavy atom. The molecule has 0 aromatic heterocycles. The first-order valence-corrected chi connectivity index (χ1v) is 7.42. The van der Waals surface area contributed by atoms with Crippen LogP contribution in [-0.4, -0.2) is 6.54 Å². The zero-order chi connectivity index (χ0) is 12.5. The average Bonchev–Trinajstić information content (AvgIpc) is 2.82. The SMILES string of the molecule is Cc1cc(N2CCc3ccccc32)ccc1CBr. The fourth-order valence-electron chi connectivity index (χ4n) is 2.60. The molecule has 2 aromatic rings. The van der Waals surface area contributed by atoms with Crippen LogP contribution in [0.25, 0.3) is 0 Å². The smallest absolute Gasteiger partial charge is 0.0444 e. The molecule has 0 unspecified atom stereocenters. The van der Waals surface area contributed by atoms with Gasteiger partial charge >= 0.3 is 0 Å². The maximum atomic E-state index is 3.53. The summed E-state index contributed by atoms with van der Waals surface area (Å²) in [6, 6.07) is 15.4. The van der Waals surface area contributed by atoms with Crippen LogP contribution >= 0.6 is 15.9 Å². The zero-order valence-electron chi connectivity index (χ0n) is 10.5. The molecule has 1 aliphatic rings. The van der Waals surface area contributed by atoms with Gasteiger partial charge in [-0.25, -0.2) is 0 Å². The average molecular weight is 302 g/mol. The van der Waals surface area contributed by atoms with Crippen LogP contribution in [0.15, 0.2) is 42.5 Å². The number of nitrogens with zero attached hydrogens (tertiary/aromatic N) is 1. The van der Waals surface area contributed by atoms with Crippen molar-refractivity contribution < 1.29 is 0 Å². The maximum absolute atomic E-state index is 3.53. The molecule has 1 nitrogen and oxygen atoms in total. The highest BCUT2D eigenvalue weighted by molar-refractivity contribution is 9.08. The molecule has 0 aliphatic carbocycles. The van der Waals surface area contributed by atoms with Gasteiger partial charge in [0, 0.05) is 23.2 Å². The fourth-order valence-corrected chi connectivity index (χ4v) is 3.23. The van der Waals surface area contributed by atoms with E-state index in [0.29, 0.717) is 0 Å². The Balaban J connectivity index is 2.00. The molecule has 18 heavy (non-hydrogen) atoms. The Labute approximate surface area is 117 Å². The molecular formula is C16H16BrN. The summed E-state index contributed by atoms with van der Waals surface area (Å²) in [6.07, 6.45) is 1.15. The van der Waals surface area contributed by atoms with Gasteiger partial charge in [0.2, 0.25) is 0 Å². The largest absolute Gasteiger partial charge is 0.341 e. The first-order chi connectivity index (χ1) is 8.79. The van der Waals surface area contributed by atoms with Crippen LogP contribution in [0, 0.1) is 6.92 Å². The van der Waals surface area contributed by atoms with E-state index in [1.807, 2.05) is 0 Å². The molecule has 92 valence electrons. The Morgan fingerprint density at radius 3 is 2.78 bits per heavy atom. The van der Waals surface area contributed by atoms with E-state index < -0.39 is 0 Å². The molecule has 0 spiro atoms. The van der Waals surface area contributed by atoms with Crippen molar-refractivity contribution in [2.24, 2.45) is 0 Å². The molecule has 2 aromatic carbocycles. The molecule has 1 heterocycles. The van der Waals surface area contributed by atoms with Crippen molar-refractivity contribution in [2.45, 2.75) is 18.7 Å². The van der Waals surface area contributed by atoms with Crippen molar-refractivity contribution in [3.63, 3.8) is 0 Å². The molecule has 0 saturated carbocycles. The van der Waals surface area contributed by atoms with Crippen molar-refractivity contribution >= 4 is 27.3 Å². The number of hydrogen-bond donors (Lipinski definition) is 0. The van der Waals surface area contributed by atoms with Crippen LogP contribution in [0.5, 0.6) is 0 Å². The summed E-state index contributed by atoms with van der Waals surface area (Å²) in [6.45, 7) is 3.27. The van der Waals surface area contributed by atoms with Gasteiger partial charge < -0.3 is 4.90 Å². The summed E-state index contributed by atoms with van der Waals surface area (Å²) in [7, 11) is 0.